The lowest BCUT2D eigenvalue weighted by Gasteiger charge is -2.15. The van der Waals surface area contributed by atoms with Gasteiger partial charge in [0.15, 0.2) is 6.23 Å². The second-order valence-electron chi connectivity index (χ2n) is 3.78. The van der Waals surface area contributed by atoms with Crippen LogP contribution < -0.4 is 5.32 Å². The quantitative estimate of drug-likeness (QED) is 0.693. The Hall–Kier alpha value is -0.900. The predicted molar refractivity (Wildman–Crippen MR) is 64.0 cm³/mol. The number of nitrogens with one attached hydrogen (secondary N) is 1. The van der Waals surface area contributed by atoms with E-state index >= 15 is 0 Å². The molecule has 0 spiro atoms. The predicted octanol–water partition coefficient (Wildman–Crippen LogP) is 2.49. The fourth-order valence-corrected chi connectivity index (χ4v) is 1.56. The van der Waals surface area contributed by atoms with E-state index in [0.717, 1.165) is 11.1 Å². The van der Waals surface area contributed by atoms with Crippen LogP contribution in [0.25, 0.3) is 0 Å². The van der Waals surface area contributed by atoms with Crippen LogP contribution in [0.4, 0.5) is 0 Å². The van der Waals surface area contributed by atoms with Crippen molar-refractivity contribution in [3.05, 3.63) is 41.6 Å². The molecule has 0 heterocycles. The number of hydrogen-bond donors (Lipinski definition) is 3. The maximum Gasteiger partial charge on any atom is 0.158 e. The van der Waals surface area contributed by atoms with Gasteiger partial charge in [-0.3, -0.25) is 5.32 Å². The van der Waals surface area contributed by atoms with Gasteiger partial charge in [0.05, 0.1) is 6.10 Å². The first kappa shape index (κ1) is 13.2. The molecule has 0 saturated carbocycles. The van der Waals surface area contributed by atoms with E-state index < -0.39 is 6.10 Å². The van der Waals surface area contributed by atoms with Gasteiger partial charge in [0.1, 0.15) is 0 Å². The van der Waals surface area contributed by atoms with E-state index in [1.165, 1.54) is 0 Å². The molecule has 0 aliphatic carbocycles. The molecular formula is C13H20NO2. The molecule has 1 aromatic rings. The highest BCUT2D eigenvalue weighted by Crippen LogP contribution is 2.20. The average Bonchev–Trinajstić information content (AvgIpc) is 2.35. The van der Waals surface area contributed by atoms with E-state index in [1.54, 1.807) is 0 Å². The number of aliphatic hydroxyl groups is 2. The van der Waals surface area contributed by atoms with Crippen molar-refractivity contribution in [2.24, 2.45) is 0 Å². The second kappa shape index (κ2) is 6.63. The van der Waals surface area contributed by atoms with E-state index in [4.69, 9.17) is 0 Å². The monoisotopic (exact) mass is 222 g/mol. The molecule has 1 unspecified atom stereocenters. The van der Waals surface area contributed by atoms with Crippen LogP contribution >= 0.6 is 0 Å². The summed E-state index contributed by atoms with van der Waals surface area (Å²) in [4.78, 5) is 0. The normalized spacial score (nSPS) is 13.1. The minimum Gasteiger partial charge on any atom is -0.388 e. The van der Waals surface area contributed by atoms with Crippen molar-refractivity contribution in [3.8, 4) is 0 Å². The first-order chi connectivity index (χ1) is 7.69. The number of hydrogen-bond acceptors (Lipinski definition) is 3. The Labute approximate surface area is 97.1 Å². The summed E-state index contributed by atoms with van der Waals surface area (Å²) in [6, 6.07) is 7.74. The second-order valence-corrected chi connectivity index (χ2v) is 3.78. The summed E-state index contributed by atoms with van der Waals surface area (Å²) >= 11 is 0. The van der Waals surface area contributed by atoms with Crippen LogP contribution in [0.2, 0.25) is 0 Å². The largest absolute Gasteiger partial charge is 0.388 e. The van der Waals surface area contributed by atoms with Crippen molar-refractivity contribution in [2.75, 3.05) is 0 Å². The van der Waals surface area contributed by atoms with Crippen LogP contribution in [0.15, 0.2) is 24.3 Å². The van der Waals surface area contributed by atoms with E-state index in [2.05, 4.69) is 5.32 Å². The first-order valence-electron chi connectivity index (χ1n) is 5.73. The maximum atomic E-state index is 9.84. The molecule has 0 aliphatic rings. The highest BCUT2D eigenvalue weighted by Gasteiger charge is 2.10. The van der Waals surface area contributed by atoms with Gasteiger partial charge in [-0.15, -0.1) is 0 Å². The van der Waals surface area contributed by atoms with Gasteiger partial charge >= 0.3 is 0 Å². The molecule has 0 fully saturated rings. The standard InChI is InChI=1S/C13H20NO2/c1-3-12(15)11-8-6-5-7-10(11)9-14-13(16)4-2/h5-8,12,14-16H,3-4,9H2,1-2H3. The molecule has 16 heavy (non-hydrogen) atoms. The van der Waals surface area contributed by atoms with Gasteiger partial charge < -0.3 is 10.2 Å². The van der Waals surface area contributed by atoms with Gasteiger partial charge in [-0.1, -0.05) is 38.1 Å². The summed E-state index contributed by atoms with van der Waals surface area (Å²) in [7, 11) is 0. The van der Waals surface area contributed by atoms with Crippen LogP contribution in [0.1, 0.15) is 43.9 Å². The molecule has 1 radical (unpaired) electrons. The van der Waals surface area contributed by atoms with Crippen LogP contribution in [-0.2, 0) is 6.54 Å². The summed E-state index contributed by atoms with van der Waals surface area (Å²) < 4.78 is 0. The summed E-state index contributed by atoms with van der Waals surface area (Å²) in [5.74, 6) is 0. The lowest BCUT2D eigenvalue weighted by Crippen LogP contribution is -2.20. The average molecular weight is 222 g/mol. The Morgan fingerprint density at radius 1 is 1.31 bits per heavy atom. The summed E-state index contributed by atoms with van der Waals surface area (Å²) in [5, 5.41) is 22.1. The lowest BCUT2D eigenvalue weighted by molar-refractivity contribution is 0.172. The van der Waals surface area contributed by atoms with Crippen molar-refractivity contribution in [3.63, 3.8) is 0 Å². The van der Waals surface area contributed by atoms with Gasteiger partial charge in [0, 0.05) is 6.54 Å². The highest BCUT2D eigenvalue weighted by atomic mass is 16.3. The van der Waals surface area contributed by atoms with E-state index in [9.17, 15) is 10.2 Å². The smallest absolute Gasteiger partial charge is 0.158 e. The molecule has 0 aliphatic heterocycles. The molecule has 3 N–H and O–H groups in total. The molecule has 0 saturated heterocycles. The van der Waals surface area contributed by atoms with Crippen molar-refractivity contribution < 1.29 is 10.2 Å². The Bertz CT molecular complexity index is 315. The van der Waals surface area contributed by atoms with Crippen molar-refractivity contribution in [2.45, 2.75) is 39.3 Å². The minimum absolute atomic E-state index is 0.279. The Morgan fingerprint density at radius 2 is 2.00 bits per heavy atom. The fraction of sp³-hybridized carbons (Fsp3) is 0.462. The van der Waals surface area contributed by atoms with Gasteiger partial charge in [0.2, 0.25) is 0 Å². The summed E-state index contributed by atoms with van der Waals surface area (Å²) in [5.41, 5.74) is 1.96. The molecule has 89 valence electrons. The molecular weight excluding hydrogens is 202 g/mol. The van der Waals surface area contributed by atoms with Crippen LogP contribution in [-0.4, -0.2) is 10.2 Å². The summed E-state index contributed by atoms with van der Waals surface area (Å²) in [6.45, 7) is 4.38. The van der Waals surface area contributed by atoms with E-state index in [0.29, 0.717) is 19.4 Å². The van der Waals surface area contributed by atoms with Gasteiger partial charge in [-0.05, 0) is 24.0 Å². The van der Waals surface area contributed by atoms with Gasteiger partial charge in [0.25, 0.3) is 0 Å². The molecule has 3 heteroatoms. The zero-order chi connectivity index (χ0) is 12.0. The molecule has 1 atom stereocenters. The third kappa shape index (κ3) is 3.59. The molecule has 0 amide bonds. The van der Waals surface area contributed by atoms with Gasteiger partial charge in [-0.25, -0.2) is 0 Å². The Kier molecular flexibility index (Phi) is 5.46. The van der Waals surface area contributed by atoms with Crippen molar-refractivity contribution in [1.29, 1.82) is 0 Å². The zero-order valence-electron chi connectivity index (χ0n) is 9.90. The third-order valence-electron chi connectivity index (χ3n) is 2.62. The Morgan fingerprint density at radius 3 is 2.62 bits per heavy atom. The van der Waals surface area contributed by atoms with Crippen LogP contribution in [0.5, 0.6) is 0 Å². The Balaban J connectivity index is 2.71. The number of benzene rings is 1. The molecule has 0 bridgehead atoms. The number of rotatable bonds is 6. The topological polar surface area (TPSA) is 52.5 Å². The van der Waals surface area contributed by atoms with E-state index in [1.807, 2.05) is 38.1 Å². The SMILES string of the molecule is CC[C](O)NCc1ccccc1C(O)CC. The molecule has 1 rings (SSSR count). The highest BCUT2D eigenvalue weighted by molar-refractivity contribution is 5.29. The number of aliphatic hydroxyl groups excluding tert-OH is 2. The first-order valence-corrected chi connectivity index (χ1v) is 5.73. The minimum atomic E-state index is -0.429. The molecule has 3 nitrogen and oxygen atoms in total. The fourth-order valence-electron chi connectivity index (χ4n) is 1.56. The van der Waals surface area contributed by atoms with Crippen molar-refractivity contribution in [1.82, 2.24) is 5.32 Å². The van der Waals surface area contributed by atoms with Gasteiger partial charge in [-0.2, -0.15) is 0 Å². The third-order valence-corrected chi connectivity index (χ3v) is 2.62. The summed E-state index contributed by atoms with van der Waals surface area (Å²) in [6.07, 6.45) is 1.14. The molecule has 1 aromatic carbocycles. The molecule has 0 aromatic heterocycles. The lowest BCUT2D eigenvalue weighted by atomic mass is 10.0. The van der Waals surface area contributed by atoms with Crippen molar-refractivity contribution >= 4 is 0 Å². The maximum absolute atomic E-state index is 9.84. The van der Waals surface area contributed by atoms with Crippen LogP contribution in [0.3, 0.4) is 0 Å². The van der Waals surface area contributed by atoms with E-state index in [-0.39, 0.29) is 6.23 Å². The van der Waals surface area contributed by atoms with Crippen LogP contribution in [0, 0.1) is 6.23 Å². The zero-order valence-corrected chi connectivity index (χ0v) is 9.90.